The van der Waals surface area contributed by atoms with Crippen LogP contribution in [0.2, 0.25) is 0 Å². The fourth-order valence-corrected chi connectivity index (χ4v) is 5.26. The lowest BCUT2D eigenvalue weighted by Crippen LogP contribution is -2.09. The highest BCUT2D eigenvalue weighted by molar-refractivity contribution is 7.98. The van der Waals surface area contributed by atoms with Gasteiger partial charge in [0.05, 0.1) is 56.2 Å². The van der Waals surface area contributed by atoms with Crippen molar-refractivity contribution in [3.05, 3.63) is 65.6 Å². The van der Waals surface area contributed by atoms with Crippen LogP contribution in [0.15, 0.2) is 53.7 Å². The Morgan fingerprint density at radius 2 is 1.56 bits per heavy atom. The van der Waals surface area contributed by atoms with Crippen LogP contribution >= 0.6 is 11.8 Å². The molecule has 0 spiro atoms. The number of halogens is 1. The lowest BCUT2D eigenvalue weighted by atomic mass is 9.93. The number of nitrogens with one attached hydrogen (secondary N) is 1. The molecule has 0 fully saturated rings. The summed E-state index contributed by atoms with van der Waals surface area (Å²) in [6.45, 7) is 0. The number of pyridine rings is 1. The molecule has 0 aliphatic rings. The van der Waals surface area contributed by atoms with E-state index >= 15 is 0 Å². The van der Waals surface area contributed by atoms with Gasteiger partial charge in [-0.25, -0.2) is 14.2 Å². The summed E-state index contributed by atoms with van der Waals surface area (Å²) in [6, 6.07) is 12.9. The molecule has 0 atom stereocenters. The molecule has 0 saturated carbocycles. The van der Waals surface area contributed by atoms with Crippen molar-refractivity contribution in [2.24, 2.45) is 0 Å². The molecule has 2 aromatic heterocycles. The Labute approximate surface area is 226 Å². The van der Waals surface area contributed by atoms with Gasteiger partial charge in [0.25, 0.3) is 0 Å². The van der Waals surface area contributed by atoms with Gasteiger partial charge in [-0.05, 0) is 42.0 Å². The highest BCUT2D eigenvalue weighted by Gasteiger charge is 2.25. The number of ether oxygens (including phenoxy) is 4. The molecule has 5 aromatic rings. The maximum Gasteiger partial charge on any atom is 0.338 e. The number of benzene rings is 3. The predicted octanol–water partition coefficient (Wildman–Crippen LogP) is 5.94. The molecule has 0 aliphatic carbocycles. The number of hydrogen-bond donors (Lipinski definition) is 2. The summed E-state index contributed by atoms with van der Waals surface area (Å²) in [4.78, 5) is 25.1. The first-order chi connectivity index (χ1) is 18.9. The summed E-state index contributed by atoms with van der Waals surface area (Å²) < 4.78 is 35.5. The van der Waals surface area contributed by atoms with Gasteiger partial charge in [-0.1, -0.05) is 17.8 Å². The quantitative estimate of drug-likeness (QED) is 0.215. The summed E-state index contributed by atoms with van der Waals surface area (Å²) in [5.41, 5.74) is 3.05. The third kappa shape index (κ3) is 4.88. The van der Waals surface area contributed by atoms with Gasteiger partial charge >= 0.3 is 5.97 Å². The van der Waals surface area contributed by atoms with E-state index in [2.05, 4.69) is 9.97 Å². The second-order valence-electron chi connectivity index (χ2n) is 8.40. The largest absolute Gasteiger partial charge is 0.493 e. The topological polar surface area (TPSA) is 116 Å². The maximum atomic E-state index is 13.6. The first kappa shape index (κ1) is 26.1. The van der Waals surface area contributed by atoms with Gasteiger partial charge in [-0.15, -0.1) is 0 Å². The molecule has 0 radical (unpaired) electrons. The van der Waals surface area contributed by atoms with Crippen molar-refractivity contribution < 1.29 is 33.2 Å². The predicted molar refractivity (Wildman–Crippen MR) is 146 cm³/mol. The third-order valence-electron chi connectivity index (χ3n) is 6.22. The second kappa shape index (κ2) is 10.7. The van der Waals surface area contributed by atoms with Crippen LogP contribution < -0.4 is 18.9 Å². The van der Waals surface area contributed by atoms with E-state index in [0.29, 0.717) is 66.9 Å². The molecule has 0 bridgehead atoms. The monoisotopic (exact) mass is 549 g/mol. The molecule has 0 aliphatic heterocycles. The minimum absolute atomic E-state index is 0.0246. The Kier molecular flexibility index (Phi) is 7.16. The average molecular weight is 550 g/mol. The minimum Gasteiger partial charge on any atom is -0.493 e. The minimum atomic E-state index is -1.15. The highest BCUT2D eigenvalue weighted by Crippen LogP contribution is 2.42. The molecule has 2 heterocycles. The fourth-order valence-electron chi connectivity index (χ4n) is 4.43. The number of nitrogens with zero attached hydrogens (tertiary/aromatic N) is 2. The standard InChI is InChI=1S/C28H24FN3O6S/c1-35-21-8-5-14(9-22(21)36-2)25-16-11-23(37-3)24(38-4)12-18(16)30-20(26(25)27(33)34)13-39-28-31-17-7-6-15(29)10-19(17)32-28/h5-12H,13H2,1-4H3,(H,31,32)(H,33,34). The Morgan fingerprint density at radius 1 is 0.872 bits per heavy atom. The Hall–Kier alpha value is -4.51. The van der Waals surface area contributed by atoms with Crippen molar-refractivity contribution in [2.45, 2.75) is 10.9 Å². The Balaban J connectivity index is 1.71. The van der Waals surface area contributed by atoms with Crippen LogP contribution in [-0.4, -0.2) is 54.5 Å². The molecule has 200 valence electrons. The molecule has 11 heteroatoms. The van der Waals surface area contributed by atoms with E-state index in [9.17, 15) is 14.3 Å². The first-order valence-electron chi connectivity index (χ1n) is 11.7. The van der Waals surface area contributed by atoms with E-state index in [4.69, 9.17) is 23.9 Å². The summed E-state index contributed by atoms with van der Waals surface area (Å²) >= 11 is 1.26. The summed E-state index contributed by atoms with van der Waals surface area (Å²) in [5.74, 6) is 0.490. The van der Waals surface area contributed by atoms with Crippen molar-refractivity contribution in [1.29, 1.82) is 0 Å². The lowest BCUT2D eigenvalue weighted by molar-refractivity contribution is 0.0696. The zero-order valence-corrected chi connectivity index (χ0v) is 22.3. The molecular formula is C28H24FN3O6S. The number of carbonyl (C=O) groups is 1. The number of fused-ring (bicyclic) bond motifs is 2. The fraction of sp³-hybridized carbons (Fsp3) is 0.179. The number of H-pyrrole nitrogens is 1. The van der Waals surface area contributed by atoms with Gasteiger partial charge in [0.15, 0.2) is 28.2 Å². The zero-order valence-electron chi connectivity index (χ0n) is 21.5. The van der Waals surface area contributed by atoms with Crippen LogP contribution in [0.1, 0.15) is 16.1 Å². The van der Waals surface area contributed by atoms with Crippen LogP contribution in [0.25, 0.3) is 33.1 Å². The number of aromatic carboxylic acids is 1. The van der Waals surface area contributed by atoms with Gasteiger partial charge < -0.3 is 29.0 Å². The number of carboxylic acid groups (broad SMARTS) is 1. The van der Waals surface area contributed by atoms with Crippen molar-refractivity contribution in [1.82, 2.24) is 15.0 Å². The van der Waals surface area contributed by atoms with E-state index < -0.39 is 5.97 Å². The first-order valence-corrected chi connectivity index (χ1v) is 12.7. The van der Waals surface area contributed by atoms with Gasteiger partial charge in [0.2, 0.25) is 0 Å². The molecule has 0 saturated heterocycles. The number of methoxy groups -OCH3 is 4. The molecule has 5 rings (SSSR count). The Morgan fingerprint density at radius 3 is 2.26 bits per heavy atom. The van der Waals surface area contributed by atoms with Crippen molar-refractivity contribution in [3.8, 4) is 34.1 Å². The highest BCUT2D eigenvalue weighted by atomic mass is 32.2. The number of imidazole rings is 1. The van der Waals surface area contributed by atoms with Gasteiger partial charge in [0.1, 0.15) is 5.82 Å². The van der Waals surface area contributed by atoms with Crippen LogP contribution in [-0.2, 0) is 5.75 Å². The van der Waals surface area contributed by atoms with E-state index in [-0.39, 0.29) is 17.1 Å². The lowest BCUT2D eigenvalue weighted by Gasteiger charge is -2.18. The van der Waals surface area contributed by atoms with Gasteiger partial charge in [-0.2, -0.15) is 0 Å². The van der Waals surface area contributed by atoms with E-state index in [1.165, 1.54) is 52.3 Å². The molecule has 3 aromatic carbocycles. The van der Waals surface area contributed by atoms with Crippen LogP contribution in [0.4, 0.5) is 4.39 Å². The van der Waals surface area contributed by atoms with E-state index in [1.54, 1.807) is 36.4 Å². The second-order valence-corrected chi connectivity index (χ2v) is 9.36. The number of hydrogen-bond acceptors (Lipinski definition) is 8. The molecular weight excluding hydrogens is 525 g/mol. The summed E-state index contributed by atoms with van der Waals surface area (Å²) in [5, 5.41) is 11.5. The van der Waals surface area contributed by atoms with Crippen molar-refractivity contribution >= 4 is 39.7 Å². The number of rotatable bonds is 9. The van der Waals surface area contributed by atoms with Gasteiger partial charge in [-0.3, -0.25) is 4.98 Å². The number of aromatic amines is 1. The third-order valence-corrected chi connectivity index (χ3v) is 7.10. The van der Waals surface area contributed by atoms with E-state index in [1.807, 2.05) is 0 Å². The molecule has 39 heavy (non-hydrogen) atoms. The van der Waals surface area contributed by atoms with Crippen LogP contribution in [0.3, 0.4) is 0 Å². The smallest absolute Gasteiger partial charge is 0.338 e. The molecule has 0 unspecified atom stereocenters. The zero-order chi connectivity index (χ0) is 27.7. The van der Waals surface area contributed by atoms with Crippen molar-refractivity contribution in [3.63, 3.8) is 0 Å². The van der Waals surface area contributed by atoms with E-state index in [0.717, 1.165) is 0 Å². The SMILES string of the molecule is COc1ccc(-c2c(C(=O)O)c(CSc3nc4ccc(F)cc4[nH]3)nc3cc(OC)c(OC)cc23)cc1OC. The molecule has 0 amide bonds. The summed E-state index contributed by atoms with van der Waals surface area (Å²) in [6.07, 6.45) is 0. The van der Waals surface area contributed by atoms with Crippen LogP contribution in [0, 0.1) is 5.82 Å². The van der Waals surface area contributed by atoms with Gasteiger partial charge in [0, 0.05) is 22.8 Å². The normalized spacial score (nSPS) is 11.1. The number of carboxylic acids is 1. The summed E-state index contributed by atoms with van der Waals surface area (Å²) in [7, 11) is 6.07. The molecule has 2 N–H and O–H groups in total. The van der Waals surface area contributed by atoms with Crippen LogP contribution in [0.5, 0.6) is 23.0 Å². The number of aromatic nitrogens is 3. The number of thioether (sulfide) groups is 1. The maximum absolute atomic E-state index is 13.6. The average Bonchev–Trinajstić information content (AvgIpc) is 3.35. The Bertz CT molecular complexity index is 1720. The molecule has 9 nitrogen and oxygen atoms in total. The van der Waals surface area contributed by atoms with Crippen molar-refractivity contribution in [2.75, 3.05) is 28.4 Å².